The monoisotopic (exact) mass is 213 g/mol. The Balaban J connectivity index is 2.29. The Morgan fingerprint density at radius 2 is 1.81 bits per heavy atom. The highest BCUT2D eigenvalue weighted by atomic mass is 19.1. The Kier molecular flexibility index (Phi) is 1.93. The molecule has 16 heavy (non-hydrogen) atoms. The zero-order valence-electron chi connectivity index (χ0n) is 8.34. The number of fused-ring (bicyclic) bond motifs is 1. The first kappa shape index (κ1) is 9.03. The van der Waals surface area contributed by atoms with Crippen LogP contribution in [0.2, 0.25) is 0 Å². The lowest BCUT2D eigenvalue weighted by Gasteiger charge is -1.99. The third-order valence-corrected chi connectivity index (χ3v) is 2.40. The van der Waals surface area contributed by atoms with Crippen LogP contribution in [0.1, 0.15) is 0 Å². The van der Waals surface area contributed by atoms with E-state index in [0.717, 1.165) is 11.3 Å². The molecule has 4 heteroatoms. The Labute approximate surface area is 91.2 Å². The highest BCUT2D eigenvalue weighted by molar-refractivity contribution is 5.62. The Hall–Kier alpha value is -2.23. The van der Waals surface area contributed by atoms with Gasteiger partial charge in [0.15, 0.2) is 5.65 Å². The Morgan fingerprint density at radius 1 is 1.00 bits per heavy atom. The van der Waals surface area contributed by atoms with Crippen molar-refractivity contribution in [3.63, 3.8) is 0 Å². The van der Waals surface area contributed by atoms with Gasteiger partial charge in [-0.05, 0) is 12.1 Å². The zero-order valence-corrected chi connectivity index (χ0v) is 8.34. The van der Waals surface area contributed by atoms with Crippen molar-refractivity contribution in [2.45, 2.75) is 0 Å². The lowest BCUT2D eigenvalue weighted by atomic mass is 10.2. The average molecular weight is 213 g/mol. The number of hydrogen-bond acceptors (Lipinski definition) is 2. The number of rotatable bonds is 1. The highest BCUT2D eigenvalue weighted by Crippen LogP contribution is 2.19. The standard InChI is InChI=1S/C12H8FN3/c13-11-6-7-12-14-8-10(16(12)15-11)9-4-2-1-3-5-9/h1-8H. The van der Waals surface area contributed by atoms with Gasteiger partial charge in [0.1, 0.15) is 0 Å². The molecule has 0 aliphatic heterocycles. The summed E-state index contributed by atoms with van der Waals surface area (Å²) in [6.45, 7) is 0. The van der Waals surface area contributed by atoms with Gasteiger partial charge in [-0.2, -0.15) is 4.39 Å². The molecule has 1 aromatic carbocycles. The predicted octanol–water partition coefficient (Wildman–Crippen LogP) is 2.54. The number of halogens is 1. The van der Waals surface area contributed by atoms with Crippen LogP contribution in [0.3, 0.4) is 0 Å². The summed E-state index contributed by atoms with van der Waals surface area (Å²) < 4.78 is 14.6. The van der Waals surface area contributed by atoms with Crippen LogP contribution in [0.25, 0.3) is 16.9 Å². The van der Waals surface area contributed by atoms with Crippen molar-refractivity contribution >= 4 is 5.65 Å². The predicted molar refractivity (Wildman–Crippen MR) is 58.4 cm³/mol. The van der Waals surface area contributed by atoms with Gasteiger partial charge in [-0.3, -0.25) is 0 Å². The quantitative estimate of drug-likeness (QED) is 0.621. The highest BCUT2D eigenvalue weighted by Gasteiger charge is 2.06. The first-order valence-electron chi connectivity index (χ1n) is 4.90. The molecule has 3 rings (SSSR count). The molecule has 0 radical (unpaired) electrons. The molecule has 2 aromatic heterocycles. The van der Waals surface area contributed by atoms with Gasteiger partial charge in [0.05, 0.1) is 11.9 Å². The molecular formula is C12H8FN3. The van der Waals surface area contributed by atoms with E-state index >= 15 is 0 Å². The molecule has 0 atom stereocenters. The zero-order chi connectivity index (χ0) is 11.0. The van der Waals surface area contributed by atoms with E-state index in [1.807, 2.05) is 30.3 Å². The van der Waals surface area contributed by atoms with Crippen molar-refractivity contribution < 1.29 is 4.39 Å². The van der Waals surface area contributed by atoms with E-state index in [1.165, 1.54) is 10.6 Å². The first-order valence-corrected chi connectivity index (χ1v) is 4.90. The average Bonchev–Trinajstić information content (AvgIpc) is 2.73. The lowest BCUT2D eigenvalue weighted by Crippen LogP contribution is -1.96. The van der Waals surface area contributed by atoms with Crippen LogP contribution in [-0.2, 0) is 0 Å². The fraction of sp³-hybridized carbons (Fsp3) is 0. The van der Waals surface area contributed by atoms with Crippen molar-refractivity contribution in [2.24, 2.45) is 0 Å². The van der Waals surface area contributed by atoms with E-state index < -0.39 is 5.95 Å². The summed E-state index contributed by atoms with van der Waals surface area (Å²) in [7, 11) is 0. The SMILES string of the molecule is Fc1ccc2ncc(-c3ccccc3)n2n1. The number of hydrogen-bond donors (Lipinski definition) is 0. The number of imidazole rings is 1. The summed E-state index contributed by atoms with van der Waals surface area (Å²) in [6.07, 6.45) is 1.69. The van der Waals surface area contributed by atoms with Gasteiger partial charge in [-0.15, -0.1) is 5.10 Å². The summed E-state index contributed by atoms with van der Waals surface area (Å²) in [4.78, 5) is 4.17. The fourth-order valence-electron chi connectivity index (χ4n) is 1.66. The molecule has 3 aromatic rings. The molecule has 0 spiro atoms. The first-order chi connectivity index (χ1) is 7.84. The maximum atomic E-state index is 13.1. The van der Waals surface area contributed by atoms with Crippen molar-refractivity contribution in [3.8, 4) is 11.3 Å². The molecule has 0 unspecified atom stereocenters. The lowest BCUT2D eigenvalue weighted by molar-refractivity contribution is 0.556. The number of nitrogens with zero attached hydrogens (tertiary/aromatic N) is 3. The van der Waals surface area contributed by atoms with Gasteiger partial charge < -0.3 is 0 Å². The van der Waals surface area contributed by atoms with Crippen LogP contribution < -0.4 is 0 Å². The second-order valence-electron chi connectivity index (χ2n) is 3.44. The minimum absolute atomic E-state index is 0.511. The maximum Gasteiger partial charge on any atom is 0.231 e. The number of aromatic nitrogens is 3. The van der Waals surface area contributed by atoms with E-state index in [1.54, 1.807) is 12.3 Å². The fourth-order valence-corrected chi connectivity index (χ4v) is 1.66. The maximum absolute atomic E-state index is 13.1. The van der Waals surface area contributed by atoms with Crippen LogP contribution in [0, 0.1) is 5.95 Å². The summed E-state index contributed by atoms with van der Waals surface area (Å²) >= 11 is 0. The van der Waals surface area contributed by atoms with Crippen LogP contribution in [-0.4, -0.2) is 14.6 Å². The summed E-state index contributed by atoms with van der Waals surface area (Å²) in [5, 5.41) is 3.80. The molecule has 0 saturated carbocycles. The minimum Gasteiger partial charge on any atom is -0.235 e. The van der Waals surface area contributed by atoms with Crippen LogP contribution in [0.4, 0.5) is 4.39 Å². The molecule has 78 valence electrons. The topological polar surface area (TPSA) is 30.2 Å². The normalized spacial score (nSPS) is 10.8. The summed E-state index contributed by atoms with van der Waals surface area (Å²) in [5.41, 5.74) is 2.39. The van der Waals surface area contributed by atoms with E-state index in [2.05, 4.69) is 10.1 Å². The largest absolute Gasteiger partial charge is 0.235 e. The van der Waals surface area contributed by atoms with Crippen LogP contribution in [0.15, 0.2) is 48.7 Å². The molecule has 0 aliphatic rings. The van der Waals surface area contributed by atoms with Crippen molar-refractivity contribution in [1.82, 2.24) is 14.6 Å². The molecule has 0 N–H and O–H groups in total. The molecule has 0 aliphatic carbocycles. The molecule has 2 heterocycles. The Bertz CT molecular complexity index is 631. The van der Waals surface area contributed by atoms with E-state index in [-0.39, 0.29) is 0 Å². The third kappa shape index (κ3) is 1.35. The van der Waals surface area contributed by atoms with E-state index in [9.17, 15) is 4.39 Å². The summed E-state index contributed by atoms with van der Waals surface area (Å²) in [5.74, 6) is -0.511. The van der Waals surface area contributed by atoms with Crippen molar-refractivity contribution in [1.29, 1.82) is 0 Å². The smallest absolute Gasteiger partial charge is 0.231 e. The molecule has 3 nitrogen and oxygen atoms in total. The second kappa shape index (κ2) is 3.41. The van der Waals surface area contributed by atoms with Gasteiger partial charge in [0.25, 0.3) is 0 Å². The van der Waals surface area contributed by atoms with E-state index in [4.69, 9.17) is 0 Å². The van der Waals surface area contributed by atoms with Gasteiger partial charge in [0.2, 0.25) is 5.95 Å². The van der Waals surface area contributed by atoms with Crippen molar-refractivity contribution in [3.05, 3.63) is 54.6 Å². The van der Waals surface area contributed by atoms with Gasteiger partial charge in [-0.1, -0.05) is 30.3 Å². The molecule has 0 bridgehead atoms. The molecule has 0 saturated heterocycles. The molecule has 0 amide bonds. The van der Waals surface area contributed by atoms with Crippen LogP contribution in [0.5, 0.6) is 0 Å². The molecule has 0 fully saturated rings. The van der Waals surface area contributed by atoms with E-state index in [0.29, 0.717) is 5.65 Å². The van der Waals surface area contributed by atoms with Crippen LogP contribution >= 0.6 is 0 Å². The molecular weight excluding hydrogens is 205 g/mol. The Morgan fingerprint density at radius 3 is 2.62 bits per heavy atom. The van der Waals surface area contributed by atoms with Gasteiger partial charge in [0, 0.05) is 5.56 Å². The van der Waals surface area contributed by atoms with Gasteiger partial charge in [-0.25, -0.2) is 9.50 Å². The second-order valence-corrected chi connectivity index (χ2v) is 3.44. The van der Waals surface area contributed by atoms with Gasteiger partial charge >= 0.3 is 0 Å². The summed E-state index contributed by atoms with van der Waals surface area (Å²) in [6, 6.07) is 12.6. The minimum atomic E-state index is -0.511. The third-order valence-electron chi connectivity index (χ3n) is 2.40. The number of benzene rings is 1. The van der Waals surface area contributed by atoms with Crippen molar-refractivity contribution in [2.75, 3.05) is 0 Å².